The molecule has 2 aliphatic heterocycles. The highest BCUT2D eigenvalue weighted by Gasteiger charge is 2.28. The van der Waals surface area contributed by atoms with Crippen LogP contribution in [0.5, 0.6) is 0 Å². The van der Waals surface area contributed by atoms with E-state index >= 15 is 0 Å². The van der Waals surface area contributed by atoms with E-state index in [0.717, 1.165) is 38.6 Å². The summed E-state index contributed by atoms with van der Waals surface area (Å²) in [4.78, 5) is 50.1. The first kappa shape index (κ1) is 35.2. The molecule has 10 heteroatoms. The lowest BCUT2D eigenvalue weighted by Gasteiger charge is -2.34. The fourth-order valence-electron chi connectivity index (χ4n) is 4.41. The number of carbonyl (C=O) groups is 4. The van der Waals surface area contributed by atoms with Crippen LogP contribution in [0.25, 0.3) is 0 Å². The third kappa shape index (κ3) is 15.7. The normalized spacial score (nSPS) is 19.8. The fourth-order valence-corrected chi connectivity index (χ4v) is 4.41. The van der Waals surface area contributed by atoms with Crippen LogP contribution < -0.4 is 0 Å². The van der Waals surface area contributed by atoms with Crippen molar-refractivity contribution in [3.8, 4) is 0 Å². The third-order valence-corrected chi connectivity index (χ3v) is 6.13. The molecular weight excluding hydrogens is 516 g/mol. The second-order valence-corrected chi connectivity index (χ2v) is 12.2. The molecule has 0 N–H and O–H groups in total. The number of esters is 2. The summed E-state index contributed by atoms with van der Waals surface area (Å²) in [6.07, 6.45) is 7.85. The predicted octanol–water partition coefficient (Wildman–Crippen LogP) is 5.73. The maximum Gasteiger partial charge on any atom is 0.410 e. The van der Waals surface area contributed by atoms with E-state index in [4.69, 9.17) is 18.9 Å². The first-order valence-electron chi connectivity index (χ1n) is 14.6. The molecule has 2 rings (SSSR count). The highest BCUT2D eigenvalue weighted by Crippen LogP contribution is 2.23. The van der Waals surface area contributed by atoms with Crippen LogP contribution in [-0.2, 0) is 28.5 Å². The van der Waals surface area contributed by atoms with Crippen molar-refractivity contribution >= 4 is 24.1 Å². The van der Waals surface area contributed by atoms with Gasteiger partial charge in [0.25, 0.3) is 0 Å². The molecular formula is C30H52N2O8. The smallest absolute Gasteiger partial charge is 0.410 e. The van der Waals surface area contributed by atoms with Crippen LogP contribution in [0.15, 0.2) is 12.2 Å². The fraction of sp³-hybridized carbons (Fsp3) is 0.800. The Morgan fingerprint density at radius 3 is 1.82 bits per heavy atom. The van der Waals surface area contributed by atoms with Gasteiger partial charge in [0, 0.05) is 38.7 Å². The number of rotatable bonds is 7. The van der Waals surface area contributed by atoms with Gasteiger partial charge in [-0.3, -0.25) is 4.79 Å². The van der Waals surface area contributed by atoms with Crippen LogP contribution in [0.1, 0.15) is 93.9 Å². The van der Waals surface area contributed by atoms with Crippen molar-refractivity contribution in [1.82, 2.24) is 9.80 Å². The molecule has 2 amide bonds. The van der Waals surface area contributed by atoms with E-state index in [1.807, 2.05) is 54.5 Å². The Labute approximate surface area is 240 Å². The summed E-state index contributed by atoms with van der Waals surface area (Å²) >= 11 is 0. The summed E-state index contributed by atoms with van der Waals surface area (Å²) in [5, 5.41) is 0. The Morgan fingerprint density at radius 2 is 1.30 bits per heavy atom. The van der Waals surface area contributed by atoms with E-state index in [-0.39, 0.29) is 30.0 Å². The van der Waals surface area contributed by atoms with Crippen LogP contribution in [0.3, 0.4) is 0 Å². The lowest BCUT2D eigenvalue weighted by molar-refractivity contribution is -0.143. The summed E-state index contributed by atoms with van der Waals surface area (Å²) in [7, 11) is 0. The molecule has 0 radical (unpaired) electrons. The molecule has 230 valence electrons. The summed E-state index contributed by atoms with van der Waals surface area (Å²) in [6, 6.07) is 0. The number of amides is 2. The molecule has 0 aromatic heterocycles. The van der Waals surface area contributed by atoms with Crippen LogP contribution >= 0.6 is 0 Å². The van der Waals surface area contributed by atoms with Crippen molar-refractivity contribution in [3.63, 3.8) is 0 Å². The van der Waals surface area contributed by atoms with Gasteiger partial charge in [-0.05, 0) is 99.3 Å². The van der Waals surface area contributed by atoms with E-state index in [9.17, 15) is 19.2 Å². The van der Waals surface area contributed by atoms with Gasteiger partial charge < -0.3 is 28.7 Å². The number of hydrogen-bond acceptors (Lipinski definition) is 8. The predicted molar refractivity (Wildman–Crippen MR) is 153 cm³/mol. The zero-order valence-corrected chi connectivity index (χ0v) is 26.0. The third-order valence-electron chi connectivity index (χ3n) is 6.13. The summed E-state index contributed by atoms with van der Waals surface area (Å²) in [6.45, 7) is 18.3. The van der Waals surface area contributed by atoms with E-state index in [1.165, 1.54) is 6.08 Å². The summed E-state index contributed by atoms with van der Waals surface area (Å²) < 4.78 is 20.5. The van der Waals surface area contributed by atoms with Gasteiger partial charge >= 0.3 is 24.1 Å². The second-order valence-electron chi connectivity index (χ2n) is 12.2. The van der Waals surface area contributed by atoms with Crippen molar-refractivity contribution in [2.75, 3.05) is 39.4 Å². The van der Waals surface area contributed by atoms with Gasteiger partial charge in [-0.15, -0.1) is 0 Å². The number of piperidine rings is 2. The maximum atomic E-state index is 12.0. The zero-order chi connectivity index (χ0) is 30.3. The maximum absolute atomic E-state index is 12.0. The minimum atomic E-state index is -0.481. The molecule has 0 aromatic carbocycles. The topological polar surface area (TPSA) is 112 Å². The monoisotopic (exact) mass is 568 g/mol. The van der Waals surface area contributed by atoms with E-state index in [0.29, 0.717) is 45.2 Å². The molecule has 2 saturated heterocycles. The molecule has 0 aromatic rings. The molecule has 2 aliphatic rings. The number of nitrogens with zero attached hydrogens (tertiary/aromatic N) is 2. The largest absolute Gasteiger partial charge is 0.466 e. The van der Waals surface area contributed by atoms with Crippen LogP contribution in [0.4, 0.5) is 9.59 Å². The SMILES string of the molecule is CCOC(=O)/C=C/[C@H]1CCCN(C(=O)OC(C)(C)C)C1.CCOC(=O)CC[C@H]1CCCN(C(=O)OC(C)(C)C)C1. The van der Waals surface area contributed by atoms with Gasteiger partial charge in [0.1, 0.15) is 11.2 Å². The van der Waals surface area contributed by atoms with Crippen molar-refractivity contribution in [2.45, 2.75) is 105 Å². The first-order chi connectivity index (χ1) is 18.6. The van der Waals surface area contributed by atoms with Crippen LogP contribution in [0, 0.1) is 11.8 Å². The summed E-state index contributed by atoms with van der Waals surface area (Å²) in [5.74, 6) is 0.0603. The number of carbonyl (C=O) groups excluding carboxylic acids is 4. The Kier molecular flexibility index (Phi) is 15.1. The average molecular weight is 569 g/mol. The zero-order valence-electron chi connectivity index (χ0n) is 26.0. The minimum absolute atomic E-state index is 0.151. The van der Waals surface area contributed by atoms with Crippen molar-refractivity contribution < 1.29 is 38.1 Å². The lowest BCUT2D eigenvalue weighted by Crippen LogP contribution is -2.43. The molecule has 0 saturated carbocycles. The average Bonchev–Trinajstić information content (AvgIpc) is 2.85. The lowest BCUT2D eigenvalue weighted by atomic mass is 9.93. The van der Waals surface area contributed by atoms with Gasteiger partial charge in [-0.2, -0.15) is 0 Å². The molecule has 10 nitrogen and oxygen atoms in total. The van der Waals surface area contributed by atoms with Crippen LogP contribution in [-0.4, -0.2) is 84.5 Å². The Morgan fingerprint density at radius 1 is 0.775 bits per heavy atom. The molecule has 0 unspecified atom stereocenters. The molecule has 0 bridgehead atoms. The van der Waals surface area contributed by atoms with Crippen LogP contribution in [0.2, 0.25) is 0 Å². The van der Waals surface area contributed by atoms with E-state index < -0.39 is 11.2 Å². The van der Waals surface area contributed by atoms with Gasteiger partial charge in [0.2, 0.25) is 0 Å². The molecule has 0 aliphatic carbocycles. The highest BCUT2D eigenvalue weighted by molar-refractivity contribution is 5.81. The number of ether oxygens (including phenoxy) is 4. The molecule has 2 heterocycles. The molecule has 40 heavy (non-hydrogen) atoms. The van der Waals surface area contributed by atoms with Gasteiger partial charge in [0.05, 0.1) is 13.2 Å². The van der Waals surface area contributed by atoms with Gasteiger partial charge in [-0.1, -0.05) is 6.08 Å². The summed E-state index contributed by atoms with van der Waals surface area (Å²) in [5.41, 5.74) is -0.945. The second kappa shape index (κ2) is 17.1. The Hall–Kier alpha value is -2.78. The molecule has 2 atom stereocenters. The minimum Gasteiger partial charge on any atom is -0.466 e. The van der Waals surface area contributed by atoms with Crippen molar-refractivity contribution in [1.29, 1.82) is 0 Å². The Bertz CT molecular complexity index is 844. The number of hydrogen-bond donors (Lipinski definition) is 0. The van der Waals surface area contributed by atoms with Crippen molar-refractivity contribution in [2.24, 2.45) is 11.8 Å². The van der Waals surface area contributed by atoms with E-state index in [2.05, 4.69) is 0 Å². The van der Waals surface area contributed by atoms with E-state index in [1.54, 1.807) is 16.7 Å². The quantitative estimate of drug-likeness (QED) is 0.217. The van der Waals surface area contributed by atoms with Crippen molar-refractivity contribution in [3.05, 3.63) is 12.2 Å². The Balaban J connectivity index is 0.000000400. The standard InChI is InChI=1S/C15H27NO4.C15H25NO4/c2*1-5-19-13(17)9-8-12-7-6-10-16(11-12)14(18)20-15(2,3)4/h12H,5-11H2,1-4H3;8-9,12H,5-7,10-11H2,1-4H3/b;9-8+/t2*12-/m11/s1. The first-order valence-corrected chi connectivity index (χ1v) is 14.6. The van der Waals surface area contributed by atoms with Gasteiger partial charge in [0.15, 0.2) is 0 Å². The molecule has 2 fully saturated rings. The molecule has 0 spiro atoms. The van der Waals surface area contributed by atoms with Gasteiger partial charge in [-0.25, -0.2) is 14.4 Å². The number of likely N-dealkylation sites (tertiary alicyclic amines) is 2. The highest BCUT2D eigenvalue weighted by atomic mass is 16.6.